The molecule has 3 N–H and O–H groups in total. The summed E-state index contributed by atoms with van der Waals surface area (Å²) in [4.78, 5) is 23.1. The molecule has 0 aromatic heterocycles. The summed E-state index contributed by atoms with van der Waals surface area (Å²) in [7, 11) is 1.58. The number of aliphatic hydroxyl groups is 1. The second-order valence-corrected chi connectivity index (χ2v) is 20.4. The van der Waals surface area contributed by atoms with Crippen LogP contribution < -0.4 is 5.32 Å². The van der Waals surface area contributed by atoms with Crippen LogP contribution in [0.2, 0.25) is 0 Å². The highest BCUT2D eigenvalue weighted by molar-refractivity contribution is 7.47. The Morgan fingerprint density at radius 3 is 1.25 bits per heavy atom. The number of hydrogen-bond donors (Lipinski definition) is 3. The Kier molecular flexibility index (Phi) is 42.0. The van der Waals surface area contributed by atoms with E-state index in [1.807, 2.05) is 27.2 Å². The fourth-order valence-electron chi connectivity index (χ4n) is 7.69. The summed E-state index contributed by atoms with van der Waals surface area (Å²) in [6.07, 6.45) is 50.3. The third-order valence-electron chi connectivity index (χ3n) is 11.8. The predicted molar refractivity (Wildman–Crippen MR) is 254 cm³/mol. The van der Waals surface area contributed by atoms with Gasteiger partial charge in [-0.2, -0.15) is 0 Å². The van der Waals surface area contributed by atoms with E-state index in [1.165, 1.54) is 193 Å². The molecule has 0 saturated heterocycles. The normalized spacial score (nSPS) is 14.2. The van der Waals surface area contributed by atoms with Crippen LogP contribution in [-0.4, -0.2) is 73.4 Å². The van der Waals surface area contributed by atoms with Gasteiger partial charge < -0.3 is 19.8 Å². The van der Waals surface area contributed by atoms with Crippen LogP contribution in [0.4, 0.5) is 0 Å². The van der Waals surface area contributed by atoms with Crippen molar-refractivity contribution in [3.8, 4) is 0 Å². The molecule has 0 rings (SSSR count). The zero-order chi connectivity index (χ0) is 43.6. The van der Waals surface area contributed by atoms with Crippen molar-refractivity contribution in [1.29, 1.82) is 0 Å². The number of carbonyl (C=O) groups excluding carboxylic acids is 1. The molecular weight excluding hydrogens is 756 g/mol. The first-order valence-corrected chi connectivity index (χ1v) is 27.1. The number of allylic oxidation sites excluding steroid dienone is 1. The number of aliphatic hydroxyl groups excluding tert-OH is 1. The number of rotatable bonds is 47. The Morgan fingerprint density at radius 2 is 0.898 bits per heavy atom. The SMILES string of the molecule is CCCCCCCCCC/C=C/[C@@H](O)[C@H](COP(=O)(O)OCC[N+](C)(C)C)NC(=O)CCCCCCCCCCCCCCCCCCCCCCCCCCCCC. The molecule has 0 radical (unpaired) electrons. The van der Waals surface area contributed by atoms with Crippen molar-refractivity contribution in [2.75, 3.05) is 40.9 Å². The average Bonchev–Trinajstić information content (AvgIpc) is 3.19. The van der Waals surface area contributed by atoms with Gasteiger partial charge in [0.15, 0.2) is 0 Å². The lowest BCUT2D eigenvalue weighted by molar-refractivity contribution is -0.870. The Balaban J connectivity index is 4.04. The zero-order valence-corrected chi connectivity index (χ0v) is 40.9. The molecule has 0 aromatic rings. The van der Waals surface area contributed by atoms with Gasteiger partial charge in [-0.3, -0.25) is 13.8 Å². The number of hydrogen-bond acceptors (Lipinski definition) is 5. The number of unbranched alkanes of at least 4 members (excludes halogenated alkanes) is 34. The van der Waals surface area contributed by atoms with Crippen molar-refractivity contribution in [3.05, 3.63) is 12.2 Å². The maximum atomic E-state index is 12.9. The minimum Gasteiger partial charge on any atom is -0.387 e. The van der Waals surface area contributed by atoms with Crippen molar-refractivity contribution in [3.63, 3.8) is 0 Å². The van der Waals surface area contributed by atoms with Crippen LogP contribution >= 0.6 is 7.82 Å². The van der Waals surface area contributed by atoms with Gasteiger partial charge in [0.2, 0.25) is 5.91 Å². The number of likely N-dealkylation sites (N-methyl/N-ethyl adjacent to an activating group) is 1. The zero-order valence-electron chi connectivity index (χ0n) is 40.0. The summed E-state index contributed by atoms with van der Waals surface area (Å²) in [5.41, 5.74) is 0. The van der Waals surface area contributed by atoms with E-state index in [2.05, 4.69) is 19.2 Å². The van der Waals surface area contributed by atoms with Gasteiger partial charge in [-0.25, -0.2) is 4.57 Å². The first kappa shape index (κ1) is 58.2. The smallest absolute Gasteiger partial charge is 0.387 e. The average molecular weight is 858 g/mol. The molecule has 0 spiro atoms. The molecule has 0 heterocycles. The van der Waals surface area contributed by atoms with Gasteiger partial charge >= 0.3 is 7.82 Å². The van der Waals surface area contributed by atoms with E-state index in [9.17, 15) is 19.4 Å². The van der Waals surface area contributed by atoms with Gasteiger partial charge in [-0.05, 0) is 19.3 Å². The van der Waals surface area contributed by atoms with E-state index >= 15 is 0 Å². The molecule has 0 saturated carbocycles. The summed E-state index contributed by atoms with van der Waals surface area (Å²) in [5, 5.41) is 13.8. The molecule has 9 heteroatoms. The second-order valence-electron chi connectivity index (χ2n) is 18.9. The number of nitrogens with zero attached hydrogens (tertiary/aromatic N) is 1. The number of amides is 1. The van der Waals surface area contributed by atoms with E-state index in [1.54, 1.807) is 6.08 Å². The summed E-state index contributed by atoms with van der Waals surface area (Å²) >= 11 is 0. The van der Waals surface area contributed by atoms with Crippen LogP contribution in [-0.2, 0) is 18.4 Å². The van der Waals surface area contributed by atoms with Crippen molar-refractivity contribution >= 4 is 13.7 Å². The monoisotopic (exact) mass is 858 g/mol. The molecule has 1 amide bonds. The number of nitrogens with one attached hydrogen (secondary N) is 1. The number of carbonyl (C=O) groups is 1. The van der Waals surface area contributed by atoms with Gasteiger partial charge in [-0.1, -0.05) is 238 Å². The molecule has 1 unspecified atom stereocenters. The molecule has 0 aliphatic rings. The fourth-order valence-corrected chi connectivity index (χ4v) is 8.43. The van der Waals surface area contributed by atoms with Gasteiger partial charge in [0, 0.05) is 6.42 Å². The molecular formula is C50H102N2O6P+. The highest BCUT2D eigenvalue weighted by Crippen LogP contribution is 2.43. The largest absolute Gasteiger partial charge is 0.472 e. The highest BCUT2D eigenvalue weighted by Gasteiger charge is 2.27. The topological polar surface area (TPSA) is 105 Å². The lowest BCUT2D eigenvalue weighted by Gasteiger charge is -2.25. The molecule has 0 bridgehead atoms. The lowest BCUT2D eigenvalue weighted by atomic mass is 10.0. The molecule has 59 heavy (non-hydrogen) atoms. The van der Waals surface area contributed by atoms with E-state index in [-0.39, 0.29) is 19.1 Å². The van der Waals surface area contributed by atoms with Crippen LogP contribution in [0.5, 0.6) is 0 Å². The molecule has 8 nitrogen and oxygen atoms in total. The van der Waals surface area contributed by atoms with Crippen molar-refractivity contribution in [1.82, 2.24) is 5.32 Å². The fraction of sp³-hybridized carbons (Fsp3) is 0.940. The Bertz CT molecular complexity index is 974. The van der Waals surface area contributed by atoms with Gasteiger partial charge in [0.1, 0.15) is 13.2 Å². The molecule has 3 atom stereocenters. The summed E-state index contributed by atoms with van der Waals surface area (Å²) in [6, 6.07) is -0.839. The maximum Gasteiger partial charge on any atom is 0.472 e. The standard InChI is InChI=1S/C50H101N2O6P/c1-6-8-10-12-14-16-18-19-20-21-22-23-24-25-26-27-28-29-30-31-32-33-34-36-38-40-42-44-50(54)51-48(47-58-59(55,56)57-46-45-52(3,4)5)49(53)43-41-39-37-35-17-15-13-11-9-7-2/h41,43,48-49,53H,6-40,42,44-47H2,1-5H3,(H-,51,54,55,56)/p+1/b43-41+/t48-,49+/m0/s1. The van der Waals surface area contributed by atoms with Crippen LogP contribution in [0, 0.1) is 0 Å². The van der Waals surface area contributed by atoms with Crippen LogP contribution in [0.1, 0.15) is 251 Å². The van der Waals surface area contributed by atoms with Gasteiger partial charge in [0.05, 0.1) is 39.9 Å². The van der Waals surface area contributed by atoms with Crippen molar-refractivity contribution < 1.29 is 32.9 Å². The Labute approximate surface area is 367 Å². The first-order valence-electron chi connectivity index (χ1n) is 25.6. The van der Waals surface area contributed by atoms with Crippen molar-refractivity contribution in [2.24, 2.45) is 0 Å². The maximum absolute atomic E-state index is 12.9. The first-order chi connectivity index (χ1) is 28.5. The Morgan fingerprint density at radius 1 is 0.559 bits per heavy atom. The predicted octanol–water partition coefficient (Wildman–Crippen LogP) is 14.7. The van der Waals surface area contributed by atoms with E-state index < -0.39 is 20.0 Å². The van der Waals surface area contributed by atoms with Crippen LogP contribution in [0.15, 0.2) is 12.2 Å². The van der Waals surface area contributed by atoms with Gasteiger partial charge in [0.25, 0.3) is 0 Å². The number of phosphoric ester groups is 1. The second kappa shape index (κ2) is 42.5. The molecule has 0 aromatic carbocycles. The highest BCUT2D eigenvalue weighted by atomic mass is 31.2. The quantitative estimate of drug-likeness (QED) is 0.0244. The molecule has 352 valence electrons. The minimum atomic E-state index is -4.33. The minimum absolute atomic E-state index is 0.0645. The third-order valence-corrected chi connectivity index (χ3v) is 12.7. The number of quaternary nitrogens is 1. The van der Waals surface area contributed by atoms with Crippen LogP contribution in [0.25, 0.3) is 0 Å². The molecule has 0 aliphatic carbocycles. The summed E-state index contributed by atoms with van der Waals surface area (Å²) in [6.45, 7) is 4.82. The summed E-state index contributed by atoms with van der Waals surface area (Å²) < 4.78 is 23.6. The van der Waals surface area contributed by atoms with Crippen LogP contribution in [0.3, 0.4) is 0 Å². The lowest BCUT2D eigenvalue weighted by Crippen LogP contribution is -2.45. The van der Waals surface area contributed by atoms with Crippen molar-refractivity contribution in [2.45, 2.75) is 264 Å². The number of phosphoric acid groups is 1. The van der Waals surface area contributed by atoms with E-state index in [4.69, 9.17) is 9.05 Å². The summed E-state index contributed by atoms with van der Waals surface area (Å²) in [5.74, 6) is -0.174. The third kappa shape index (κ3) is 45.1. The molecule has 0 fully saturated rings. The van der Waals surface area contributed by atoms with E-state index in [0.717, 1.165) is 38.5 Å². The molecule has 0 aliphatic heterocycles. The van der Waals surface area contributed by atoms with E-state index in [0.29, 0.717) is 17.4 Å². The van der Waals surface area contributed by atoms with Gasteiger partial charge in [-0.15, -0.1) is 0 Å². The Hall–Kier alpha value is -0.760.